The van der Waals surface area contributed by atoms with Crippen LogP contribution in [0.3, 0.4) is 0 Å². The molecular weight excluding hydrogens is 284 g/mol. The Balaban J connectivity index is 1.91. The van der Waals surface area contributed by atoms with Crippen molar-refractivity contribution in [2.24, 2.45) is 0 Å². The van der Waals surface area contributed by atoms with E-state index in [2.05, 4.69) is 35.2 Å². The third-order valence-electron chi connectivity index (χ3n) is 4.70. The lowest BCUT2D eigenvalue weighted by molar-refractivity contribution is 0.101. The Kier molecular flexibility index (Phi) is 3.92. The Morgan fingerprint density at radius 1 is 1.22 bits per heavy atom. The van der Waals surface area contributed by atoms with Gasteiger partial charge in [-0.2, -0.15) is 5.26 Å². The summed E-state index contributed by atoms with van der Waals surface area (Å²) < 4.78 is 0. The highest BCUT2D eigenvalue weighted by Gasteiger charge is 2.45. The minimum absolute atomic E-state index is 0.0286. The molecule has 0 amide bonds. The molecule has 1 aliphatic carbocycles. The Morgan fingerprint density at radius 3 is 2.48 bits per heavy atom. The van der Waals surface area contributed by atoms with Crippen LogP contribution in [-0.4, -0.2) is 19.4 Å². The lowest BCUT2D eigenvalue weighted by Crippen LogP contribution is -2.30. The van der Waals surface area contributed by atoms with Crippen molar-refractivity contribution in [3.05, 3.63) is 65.2 Å². The third kappa shape index (κ3) is 2.98. The molecule has 3 nitrogen and oxygen atoms in total. The first kappa shape index (κ1) is 15.3. The molecule has 0 spiro atoms. The number of nitrogens with zero attached hydrogens (tertiary/aromatic N) is 2. The number of nitriles is 1. The zero-order valence-electron chi connectivity index (χ0n) is 13.5. The second-order valence-electron chi connectivity index (χ2n) is 6.40. The van der Waals surface area contributed by atoms with E-state index in [4.69, 9.17) is 5.26 Å². The predicted octanol–water partition coefficient (Wildman–Crippen LogP) is 3.93. The van der Waals surface area contributed by atoms with Gasteiger partial charge in [-0.3, -0.25) is 4.79 Å². The average molecular weight is 304 g/mol. The van der Waals surface area contributed by atoms with E-state index >= 15 is 0 Å². The maximum Gasteiger partial charge on any atom is 0.161 e. The molecular formula is C20H20N2O. The van der Waals surface area contributed by atoms with Crippen LogP contribution in [0.1, 0.15) is 41.3 Å². The molecule has 0 atom stereocenters. The fourth-order valence-corrected chi connectivity index (χ4v) is 3.23. The Bertz CT molecular complexity index is 770. The van der Waals surface area contributed by atoms with Crippen molar-refractivity contribution >= 4 is 11.5 Å². The van der Waals surface area contributed by atoms with Gasteiger partial charge in [0, 0.05) is 30.3 Å². The predicted molar refractivity (Wildman–Crippen MR) is 91.8 cm³/mol. The highest BCUT2D eigenvalue weighted by Crippen LogP contribution is 2.49. The van der Waals surface area contributed by atoms with E-state index in [1.165, 1.54) is 5.56 Å². The quantitative estimate of drug-likeness (QED) is 0.786. The Morgan fingerprint density at radius 2 is 1.91 bits per heavy atom. The van der Waals surface area contributed by atoms with Crippen LogP contribution in [0.25, 0.3) is 0 Å². The van der Waals surface area contributed by atoms with E-state index in [1.54, 1.807) is 19.1 Å². The van der Waals surface area contributed by atoms with Crippen molar-refractivity contribution in [1.82, 2.24) is 0 Å². The molecule has 0 unspecified atom stereocenters. The van der Waals surface area contributed by atoms with Crippen LogP contribution < -0.4 is 4.90 Å². The van der Waals surface area contributed by atoms with Crippen LogP contribution >= 0.6 is 0 Å². The topological polar surface area (TPSA) is 44.1 Å². The monoisotopic (exact) mass is 304 g/mol. The molecule has 2 aromatic rings. The minimum Gasteiger partial charge on any atom is -0.373 e. The summed E-state index contributed by atoms with van der Waals surface area (Å²) in [7, 11) is 2.01. The minimum atomic E-state index is 0.0286. The van der Waals surface area contributed by atoms with Crippen molar-refractivity contribution in [2.45, 2.75) is 25.2 Å². The van der Waals surface area contributed by atoms with Crippen molar-refractivity contribution in [1.29, 1.82) is 5.26 Å². The van der Waals surface area contributed by atoms with Crippen molar-refractivity contribution in [2.75, 3.05) is 18.5 Å². The number of hydrogen-bond acceptors (Lipinski definition) is 3. The summed E-state index contributed by atoms with van der Waals surface area (Å²) in [6, 6.07) is 18.0. The molecule has 1 fully saturated rings. The van der Waals surface area contributed by atoms with Crippen molar-refractivity contribution < 1.29 is 4.79 Å². The highest BCUT2D eigenvalue weighted by molar-refractivity contribution is 6.00. The third-order valence-corrected chi connectivity index (χ3v) is 4.70. The lowest BCUT2D eigenvalue weighted by Gasteiger charge is -2.27. The standard InChI is InChI=1S/C20H20N2O/c1-15(23)18-9-8-16(13-21)12-19(18)22(2)14-20(10-11-20)17-6-4-3-5-7-17/h3-9,12H,10-11,14H2,1-2H3. The van der Waals surface area contributed by atoms with Crippen LogP contribution in [0.5, 0.6) is 0 Å². The van der Waals surface area contributed by atoms with Crippen molar-refractivity contribution in [3.63, 3.8) is 0 Å². The molecule has 2 aromatic carbocycles. The maximum atomic E-state index is 11.9. The Hall–Kier alpha value is -2.60. The molecule has 0 aromatic heterocycles. The van der Waals surface area contributed by atoms with E-state index in [1.807, 2.05) is 19.2 Å². The first-order valence-corrected chi connectivity index (χ1v) is 7.87. The number of hydrogen-bond donors (Lipinski definition) is 0. The molecule has 0 saturated heterocycles. The van der Waals surface area contributed by atoms with E-state index in [0.29, 0.717) is 11.1 Å². The molecule has 0 radical (unpaired) electrons. The molecule has 0 heterocycles. The van der Waals surface area contributed by atoms with Crippen molar-refractivity contribution in [3.8, 4) is 6.07 Å². The number of benzene rings is 2. The van der Waals surface area contributed by atoms with Crippen LogP contribution in [-0.2, 0) is 5.41 Å². The molecule has 23 heavy (non-hydrogen) atoms. The molecule has 0 N–H and O–H groups in total. The van der Waals surface area contributed by atoms with Crippen LogP contribution in [0.2, 0.25) is 0 Å². The van der Waals surface area contributed by atoms with Gasteiger partial charge in [0.15, 0.2) is 5.78 Å². The van der Waals surface area contributed by atoms with Gasteiger partial charge in [-0.15, -0.1) is 0 Å². The first-order chi connectivity index (χ1) is 11.1. The number of likely N-dealkylation sites (N-methyl/N-ethyl adjacent to an activating group) is 1. The summed E-state index contributed by atoms with van der Waals surface area (Å²) in [5.41, 5.74) is 3.63. The fourth-order valence-electron chi connectivity index (χ4n) is 3.23. The molecule has 0 aliphatic heterocycles. The average Bonchev–Trinajstić information content (AvgIpc) is 3.35. The highest BCUT2D eigenvalue weighted by atomic mass is 16.1. The Labute approximate surface area is 137 Å². The zero-order valence-corrected chi connectivity index (χ0v) is 13.5. The summed E-state index contributed by atoms with van der Waals surface area (Å²) >= 11 is 0. The van der Waals surface area contributed by atoms with Gasteiger partial charge >= 0.3 is 0 Å². The van der Waals surface area contributed by atoms with E-state index in [0.717, 1.165) is 25.1 Å². The number of anilines is 1. The van der Waals surface area contributed by atoms with Gasteiger partial charge in [0.1, 0.15) is 0 Å². The molecule has 116 valence electrons. The number of ketones is 1. The van der Waals surface area contributed by atoms with E-state index in [9.17, 15) is 4.79 Å². The first-order valence-electron chi connectivity index (χ1n) is 7.87. The smallest absolute Gasteiger partial charge is 0.161 e. The van der Waals surface area contributed by atoms with Gasteiger partial charge in [0.25, 0.3) is 0 Å². The van der Waals surface area contributed by atoms with Gasteiger partial charge in [0.2, 0.25) is 0 Å². The van der Waals surface area contributed by atoms with Gasteiger partial charge in [0.05, 0.1) is 11.6 Å². The van der Waals surface area contributed by atoms with E-state index in [-0.39, 0.29) is 11.2 Å². The zero-order chi connectivity index (χ0) is 16.4. The van der Waals surface area contributed by atoms with Gasteiger partial charge in [-0.25, -0.2) is 0 Å². The van der Waals surface area contributed by atoms with Gasteiger partial charge in [-0.1, -0.05) is 30.3 Å². The molecule has 3 heteroatoms. The summed E-state index contributed by atoms with van der Waals surface area (Å²) in [6.45, 7) is 2.43. The summed E-state index contributed by atoms with van der Waals surface area (Å²) in [4.78, 5) is 14.0. The second-order valence-corrected chi connectivity index (χ2v) is 6.40. The SMILES string of the molecule is CC(=O)c1ccc(C#N)cc1N(C)CC1(c2ccccc2)CC1. The molecule has 0 bridgehead atoms. The van der Waals surface area contributed by atoms with E-state index < -0.39 is 0 Å². The number of carbonyl (C=O) groups is 1. The van der Waals surface area contributed by atoms with Crippen LogP contribution in [0.15, 0.2) is 48.5 Å². The fraction of sp³-hybridized carbons (Fsp3) is 0.300. The second kappa shape index (κ2) is 5.89. The number of carbonyl (C=O) groups excluding carboxylic acids is 1. The molecule has 1 saturated carbocycles. The summed E-state index contributed by atoms with van der Waals surface area (Å²) in [5, 5.41) is 9.14. The summed E-state index contributed by atoms with van der Waals surface area (Å²) in [6.07, 6.45) is 2.32. The van der Waals surface area contributed by atoms with Gasteiger partial charge < -0.3 is 4.90 Å². The largest absolute Gasteiger partial charge is 0.373 e. The van der Waals surface area contributed by atoms with Crippen LogP contribution in [0.4, 0.5) is 5.69 Å². The number of rotatable bonds is 5. The molecule has 3 rings (SSSR count). The van der Waals surface area contributed by atoms with Crippen LogP contribution in [0, 0.1) is 11.3 Å². The number of Topliss-reactive ketones (excluding diaryl/α,β-unsaturated/α-hetero) is 1. The molecule has 1 aliphatic rings. The summed E-state index contributed by atoms with van der Waals surface area (Å²) in [5.74, 6) is 0.0286. The lowest BCUT2D eigenvalue weighted by atomic mass is 9.94. The normalized spacial score (nSPS) is 14.8. The van der Waals surface area contributed by atoms with Gasteiger partial charge in [-0.05, 0) is 43.5 Å². The maximum absolute atomic E-state index is 11.9.